The molecule has 0 aliphatic carbocycles. The quantitative estimate of drug-likeness (QED) is 0.873. The highest BCUT2D eigenvalue weighted by Gasteiger charge is 2.33. The number of rotatable bonds is 1. The normalized spacial score (nSPS) is 19.2. The monoisotopic (exact) mass is 282 g/mol. The van der Waals surface area contributed by atoms with Crippen molar-refractivity contribution >= 4 is 17.3 Å². The summed E-state index contributed by atoms with van der Waals surface area (Å²) >= 11 is 0. The number of carbonyl (C=O) groups excluding carboxylic acids is 1. The van der Waals surface area contributed by atoms with Crippen molar-refractivity contribution < 1.29 is 14.3 Å². The Morgan fingerprint density at radius 1 is 1.14 bits per heavy atom. The summed E-state index contributed by atoms with van der Waals surface area (Å²) in [4.78, 5) is 14.2. The number of anilines is 2. The van der Waals surface area contributed by atoms with Crippen molar-refractivity contribution in [2.45, 2.75) is 6.04 Å². The first-order valence-electron chi connectivity index (χ1n) is 6.77. The fourth-order valence-corrected chi connectivity index (χ4v) is 2.73. The lowest BCUT2D eigenvalue weighted by atomic mass is 10.0. The van der Waals surface area contributed by atoms with Gasteiger partial charge in [-0.3, -0.25) is 4.79 Å². The standard InChI is InChI=1S/C16H14N2O3/c1-18-12-8-14-13(20-9-21-14)7-11(12)17-15(16(18)19)10-5-3-2-4-6-10/h2-8,15,17H,9H2,1H3. The van der Waals surface area contributed by atoms with Gasteiger partial charge in [0.2, 0.25) is 6.79 Å². The van der Waals surface area contributed by atoms with Crippen LogP contribution in [0.5, 0.6) is 11.5 Å². The molecule has 0 aromatic heterocycles. The van der Waals surface area contributed by atoms with Crippen molar-refractivity contribution in [3.8, 4) is 11.5 Å². The summed E-state index contributed by atoms with van der Waals surface area (Å²) in [7, 11) is 1.78. The lowest BCUT2D eigenvalue weighted by molar-refractivity contribution is -0.119. The van der Waals surface area contributed by atoms with Crippen LogP contribution in [0.15, 0.2) is 42.5 Å². The minimum Gasteiger partial charge on any atom is -0.454 e. The van der Waals surface area contributed by atoms with Crippen molar-refractivity contribution in [2.75, 3.05) is 24.1 Å². The molecule has 21 heavy (non-hydrogen) atoms. The summed E-state index contributed by atoms with van der Waals surface area (Å²) < 4.78 is 10.8. The molecule has 1 unspecified atom stereocenters. The van der Waals surface area contributed by atoms with Crippen molar-refractivity contribution in [3.05, 3.63) is 48.0 Å². The number of nitrogens with zero attached hydrogens (tertiary/aromatic N) is 1. The molecule has 2 aliphatic heterocycles. The van der Waals surface area contributed by atoms with Crippen LogP contribution in [0.25, 0.3) is 0 Å². The second kappa shape index (κ2) is 4.41. The van der Waals surface area contributed by atoms with E-state index in [2.05, 4.69) is 5.32 Å². The van der Waals surface area contributed by atoms with E-state index in [0.717, 1.165) is 16.9 Å². The number of hydrogen-bond acceptors (Lipinski definition) is 4. The van der Waals surface area contributed by atoms with Gasteiger partial charge >= 0.3 is 0 Å². The van der Waals surface area contributed by atoms with E-state index in [1.807, 2.05) is 42.5 Å². The van der Waals surface area contributed by atoms with Gasteiger partial charge in [0.25, 0.3) is 5.91 Å². The number of fused-ring (bicyclic) bond motifs is 2. The number of benzene rings is 2. The summed E-state index contributed by atoms with van der Waals surface area (Å²) in [5.74, 6) is 1.39. The first-order valence-corrected chi connectivity index (χ1v) is 6.77. The Bertz CT molecular complexity index is 715. The van der Waals surface area contributed by atoms with Gasteiger partial charge in [-0.05, 0) is 5.56 Å². The average Bonchev–Trinajstić information content (AvgIpc) is 2.97. The van der Waals surface area contributed by atoms with Gasteiger partial charge in [-0.15, -0.1) is 0 Å². The third-order valence-corrected chi connectivity index (χ3v) is 3.86. The molecule has 2 heterocycles. The fourth-order valence-electron chi connectivity index (χ4n) is 2.73. The second-order valence-corrected chi connectivity index (χ2v) is 5.11. The first kappa shape index (κ1) is 12.1. The van der Waals surface area contributed by atoms with Gasteiger partial charge < -0.3 is 19.7 Å². The van der Waals surface area contributed by atoms with Gasteiger partial charge in [-0.25, -0.2) is 0 Å². The molecule has 1 atom stereocenters. The third-order valence-electron chi connectivity index (χ3n) is 3.86. The molecule has 4 rings (SSSR count). The number of likely N-dealkylation sites (N-methyl/N-ethyl adjacent to an activating group) is 1. The van der Waals surface area contributed by atoms with Crippen LogP contribution in [0.2, 0.25) is 0 Å². The van der Waals surface area contributed by atoms with E-state index in [1.54, 1.807) is 11.9 Å². The molecule has 2 aromatic rings. The van der Waals surface area contributed by atoms with Crippen LogP contribution in [0.4, 0.5) is 11.4 Å². The van der Waals surface area contributed by atoms with Gasteiger partial charge in [0.15, 0.2) is 11.5 Å². The van der Waals surface area contributed by atoms with E-state index in [1.165, 1.54) is 0 Å². The predicted octanol–water partition coefficient (Wildman–Crippen LogP) is 2.54. The van der Waals surface area contributed by atoms with Gasteiger partial charge in [-0.1, -0.05) is 30.3 Å². The molecule has 106 valence electrons. The predicted molar refractivity (Wildman–Crippen MR) is 78.8 cm³/mol. The molecule has 1 N–H and O–H groups in total. The smallest absolute Gasteiger partial charge is 0.253 e. The van der Waals surface area contributed by atoms with Gasteiger partial charge in [-0.2, -0.15) is 0 Å². The molecule has 0 spiro atoms. The molecule has 5 heteroatoms. The lowest BCUT2D eigenvalue weighted by Crippen LogP contribution is -2.39. The largest absolute Gasteiger partial charge is 0.454 e. The molecule has 0 saturated carbocycles. The van der Waals surface area contributed by atoms with Crippen LogP contribution in [-0.2, 0) is 4.79 Å². The van der Waals surface area contributed by atoms with Crippen LogP contribution in [0, 0.1) is 0 Å². The van der Waals surface area contributed by atoms with Crippen LogP contribution in [0.3, 0.4) is 0 Å². The Hall–Kier alpha value is -2.69. The molecular weight excluding hydrogens is 268 g/mol. The van der Waals surface area contributed by atoms with Crippen molar-refractivity contribution in [3.63, 3.8) is 0 Å². The van der Waals surface area contributed by atoms with Crippen LogP contribution in [0.1, 0.15) is 11.6 Å². The molecule has 1 amide bonds. The molecule has 2 aromatic carbocycles. The highest BCUT2D eigenvalue weighted by molar-refractivity contribution is 6.05. The summed E-state index contributed by atoms with van der Waals surface area (Å²) in [6.07, 6.45) is 0. The maximum Gasteiger partial charge on any atom is 0.253 e. The summed E-state index contributed by atoms with van der Waals surface area (Å²) in [5, 5.41) is 3.30. The van der Waals surface area contributed by atoms with E-state index < -0.39 is 0 Å². The highest BCUT2D eigenvalue weighted by atomic mass is 16.7. The molecular formula is C16H14N2O3. The summed E-state index contributed by atoms with van der Waals surface area (Å²) in [5.41, 5.74) is 2.62. The number of hydrogen-bond donors (Lipinski definition) is 1. The van der Waals surface area contributed by atoms with Crippen LogP contribution >= 0.6 is 0 Å². The van der Waals surface area contributed by atoms with Crippen molar-refractivity contribution in [1.82, 2.24) is 0 Å². The molecule has 2 aliphatic rings. The molecule has 0 radical (unpaired) electrons. The topological polar surface area (TPSA) is 50.8 Å². The van der Waals surface area contributed by atoms with Crippen LogP contribution < -0.4 is 19.7 Å². The zero-order valence-electron chi connectivity index (χ0n) is 11.5. The number of nitrogens with one attached hydrogen (secondary N) is 1. The second-order valence-electron chi connectivity index (χ2n) is 5.11. The minimum absolute atomic E-state index is 0.00700. The van der Waals surface area contributed by atoms with Crippen molar-refractivity contribution in [2.24, 2.45) is 0 Å². The minimum atomic E-state index is -0.385. The number of carbonyl (C=O) groups is 1. The zero-order valence-corrected chi connectivity index (χ0v) is 11.5. The maximum absolute atomic E-state index is 12.6. The molecule has 0 bridgehead atoms. The lowest BCUT2D eigenvalue weighted by Gasteiger charge is -2.33. The SMILES string of the molecule is CN1C(=O)C(c2ccccc2)Nc2cc3c(cc21)OCO3. The van der Waals surface area contributed by atoms with E-state index in [-0.39, 0.29) is 18.7 Å². The number of ether oxygens (including phenoxy) is 2. The Morgan fingerprint density at radius 2 is 1.86 bits per heavy atom. The van der Waals surface area contributed by atoms with Crippen molar-refractivity contribution in [1.29, 1.82) is 0 Å². The Balaban J connectivity index is 1.79. The highest BCUT2D eigenvalue weighted by Crippen LogP contribution is 2.44. The summed E-state index contributed by atoms with van der Waals surface area (Å²) in [6.45, 7) is 0.220. The van der Waals surface area contributed by atoms with E-state index in [4.69, 9.17) is 9.47 Å². The van der Waals surface area contributed by atoms with E-state index >= 15 is 0 Å². The Labute approximate surface area is 122 Å². The third kappa shape index (κ3) is 1.81. The zero-order chi connectivity index (χ0) is 14.4. The average molecular weight is 282 g/mol. The van der Waals surface area contributed by atoms with Gasteiger partial charge in [0.05, 0.1) is 11.4 Å². The van der Waals surface area contributed by atoms with E-state index in [0.29, 0.717) is 11.5 Å². The van der Waals surface area contributed by atoms with E-state index in [9.17, 15) is 4.79 Å². The fraction of sp³-hybridized carbons (Fsp3) is 0.188. The molecule has 0 fully saturated rings. The maximum atomic E-state index is 12.6. The Morgan fingerprint density at radius 3 is 2.62 bits per heavy atom. The molecule has 5 nitrogen and oxygen atoms in total. The first-order chi connectivity index (χ1) is 10.2. The van der Waals surface area contributed by atoms with Gasteiger partial charge in [0.1, 0.15) is 6.04 Å². The van der Waals surface area contributed by atoms with Gasteiger partial charge in [0, 0.05) is 19.2 Å². The van der Waals surface area contributed by atoms with Crippen LogP contribution in [-0.4, -0.2) is 19.7 Å². The summed E-state index contributed by atoms with van der Waals surface area (Å²) in [6, 6.07) is 13.0. The Kier molecular flexibility index (Phi) is 2.54. The number of amides is 1. The molecule has 0 saturated heterocycles.